The first kappa shape index (κ1) is 8.20. The van der Waals surface area contributed by atoms with Crippen LogP contribution in [-0.4, -0.2) is 30.2 Å². The molecule has 6 nitrogen and oxygen atoms in total. The Balaban J connectivity index is 2.52. The first-order valence-corrected chi connectivity index (χ1v) is 4.73. The second kappa shape index (κ2) is 3.15. The van der Waals surface area contributed by atoms with Crippen molar-refractivity contribution in [2.45, 2.75) is 0 Å². The average Bonchev–Trinajstić information content (AvgIpc) is 2.74. The molecule has 2 aromatic heterocycles. The lowest BCUT2D eigenvalue weighted by molar-refractivity contribution is 0.0702. The third-order valence-corrected chi connectivity index (χ3v) is 2.50. The maximum Gasteiger partial charge on any atom is 0.349 e. The van der Waals surface area contributed by atoms with Gasteiger partial charge in [0.2, 0.25) is 0 Å². The zero-order valence-corrected chi connectivity index (χ0v) is 7.67. The summed E-state index contributed by atoms with van der Waals surface area (Å²) in [7, 11) is 0. The summed E-state index contributed by atoms with van der Waals surface area (Å²) in [5.41, 5.74) is 0.738. The molecule has 0 fully saturated rings. The molecule has 0 aliphatic rings. The van der Waals surface area contributed by atoms with Gasteiger partial charge in [-0.3, -0.25) is 0 Å². The van der Waals surface area contributed by atoms with Crippen molar-refractivity contribution < 1.29 is 9.90 Å². The van der Waals surface area contributed by atoms with Crippen LogP contribution in [0, 0.1) is 0 Å². The number of hydrogen-bond donors (Lipinski definition) is 1. The smallest absolute Gasteiger partial charge is 0.349 e. The van der Waals surface area contributed by atoms with Crippen LogP contribution >= 0.6 is 23.1 Å². The van der Waals surface area contributed by atoms with Gasteiger partial charge in [0.1, 0.15) is 11.4 Å². The summed E-state index contributed by atoms with van der Waals surface area (Å²) >= 11 is 1.97. The van der Waals surface area contributed by atoms with Crippen molar-refractivity contribution in [1.29, 1.82) is 0 Å². The Labute approximate surface area is 80.2 Å². The standard InChI is InChI=1S/C5H2N4O2S2/c10-5(11)4-3(7-9-13-4)2-1-12-8-6-2/h1H,(H,10,11). The largest absolute Gasteiger partial charge is 0.477 e. The van der Waals surface area contributed by atoms with Crippen molar-refractivity contribution in [2.24, 2.45) is 0 Å². The summed E-state index contributed by atoms with van der Waals surface area (Å²) in [4.78, 5) is 10.8. The molecular formula is C5H2N4O2S2. The topological polar surface area (TPSA) is 88.9 Å². The van der Waals surface area contributed by atoms with Gasteiger partial charge in [0.25, 0.3) is 0 Å². The van der Waals surface area contributed by atoms with E-state index in [1.807, 2.05) is 0 Å². The third kappa shape index (κ3) is 1.40. The highest BCUT2D eigenvalue weighted by Gasteiger charge is 2.18. The van der Waals surface area contributed by atoms with E-state index in [9.17, 15) is 4.79 Å². The number of carbonyl (C=O) groups is 1. The van der Waals surface area contributed by atoms with Gasteiger partial charge in [-0.2, -0.15) is 0 Å². The maximum atomic E-state index is 10.7. The van der Waals surface area contributed by atoms with Crippen LogP contribution in [0.15, 0.2) is 5.38 Å². The summed E-state index contributed by atoms with van der Waals surface area (Å²) in [5.74, 6) is -1.04. The molecule has 0 atom stereocenters. The Hall–Kier alpha value is -1.41. The van der Waals surface area contributed by atoms with Crippen molar-refractivity contribution >= 4 is 29.0 Å². The Morgan fingerprint density at radius 3 is 2.85 bits per heavy atom. The molecule has 66 valence electrons. The molecule has 1 N–H and O–H groups in total. The minimum absolute atomic E-state index is 0.0905. The molecule has 8 heteroatoms. The highest BCUT2D eigenvalue weighted by Crippen LogP contribution is 2.22. The second-order valence-corrected chi connectivity index (χ2v) is 3.41. The molecule has 0 radical (unpaired) electrons. The van der Waals surface area contributed by atoms with Gasteiger partial charge in [0, 0.05) is 5.38 Å². The van der Waals surface area contributed by atoms with Gasteiger partial charge >= 0.3 is 5.97 Å². The molecule has 0 saturated heterocycles. The molecule has 0 aliphatic carbocycles. The lowest BCUT2D eigenvalue weighted by Crippen LogP contribution is -1.95. The first-order chi connectivity index (χ1) is 6.29. The number of carboxylic acid groups (broad SMARTS) is 1. The molecule has 0 aliphatic heterocycles. The lowest BCUT2D eigenvalue weighted by atomic mass is 10.3. The molecule has 0 unspecified atom stereocenters. The van der Waals surface area contributed by atoms with Crippen LogP contribution in [-0.2, 0) is 0 Å². The van der Waals surface area contributed by atoms with Gasteiger partial charge in [0.05, 0.1) is 0 Å². The normalized spacial score (nSPS) is 10.2. The van der Waals surface area contributed by atoms with Gasteiger partial charge in [-0.25, -0.2) is 4.79 Å². The Kier molecular flexibility index (Phi) is 1.99. The monoisotopic (exact) mass is 214 g/mol. The second-order valence-electron chi connectivity index (χ2n) is 2.05. The van der Waals surface area contributed by atoms with Gasteiger partial charge in [-0.05, 0) is 23.1 Å². The number of nitrogens with zero attached hydrogens (tertiary/aromatic N) is 4. The van der Waals surface area contributed by atoms with E-state index in [-0.39, 0.29) is 10.6 Å². The van der Waals surface area contributed by atoms with Crippen LogP contribution in [0.5, 0.6) is 0 Å². The Morgan fingerprint density at radius 1 is 1.38 bits per heavy atom. The van der Waals surface area contributed by atoms with Gasteiger partial charge in [-0.1, -0.05) is 8.98 Å². The minimum Gasteiger partial charge on any atom is -0.477 e. The van der Waals surface area contributed by atoms with Gasteiger partial charge in [0.15, 0.2) is 4.88 Å². The highest BCUT2D eigenvalue weighted by molar-refractivity contribution is 7.08. The molecule has 0 bridgehead atoms. The van der Waals surface area contributed by atoms with E-state index >= 15 is 0 Å². The van der Waals surface area contributed by atoms with Crippen LogP contribution in [0.1, 0.15) is 9.67 Å². The van der Waals surface area contributed by atoms with Crippen LogP contribution in [0.25, 0.3) is 11.4 Å². The Bertz CT molecular complexity index is 423. The van der Waals surface area contributed by atoms with E-state index in [1.165, 1.54) is 0 Å². The molecule has 2 rings (SSSR count). The number of aromatic carboxylic acids is 1. The highest BCUT2D eigenvalue weighted by atomic mass is 32.1. The number of aromatic nitrogens is 4. The van der Waals surface area contributed by atoms with Crippen LogP contribution in [0.3, 0.4) is 0 Å². The third-order valence-electron chi connectivity index (χ3n) is 1.28. The number of carboxylic acids is 1. The zero-order valence-electron chi connectivity index (χ0n) is 6.04. The SMILES string of the molecule is O=C(O)c1snnc1-c1csnn1. The van der Waals surface area contributed by atoms with Gasteiger partial charge in [-0.15, -0.1) is 10.2 Å². The zero-order chi connectivity index (χ0) is 9.26. The fourth-order valence-corrected chi connectivity index (χ4v) is 1.72. The molecule has 0 aromatic carbocycles. The molecule has 13 heavy (non-hydrogen) atoms. The van der Waals surface area contributed by atoms with E-state index in [2.05, 4.69) is 19.2 Å². The summed E-state index contributed by atoms with van der Waals surface area (Å²) in [6.07, 6.45) is 0. The fraction of sp³-hybridized carbons (Fsp3) is 0. The van der Waals surface area contributed by atoms with Gasteiger partial charge < -0.3 is 5.11 Å². The minimum atomic E-state index is -1.04. The lowest BCUT2D eigenvalue weighted by Gasteiger charge is -1.88. The van der Waals surface area contributed by atoms with E-state index in [4.69, 9.17) is 5.11 Å². The van der Waals surface area contributed by atoms with Crippen molar-refractivity contribution in [1.82, 2.24) is 19.2 Å². The van der Waals surface area contributed by atoms with E-state index < -0.39 is 5.97 Å². The predicted octanol–water partition coefficient (Wildman–Crippen LogP) is 0.755. The quantitative estimate of drug-likeness (QED) is 0.793. The maximum absolute atomic E-state index is 10.7. The summed E-state index contributed by atoms with van der Waals surface area (Å²) in [6.45, 7) is 0. The van der Waals surface area contributed by atoms with Crippen molar-refractivity contribution in [2.75, 3.05) is 0 Å². The van der Waals surface area contributed by atoms with E-state index in [1.54, 1.807) is 5.38 Å². The Morgan fingerprint density at radius 2 is 2.23 bits per heavy atom. The van der Waals surface area contributed by atoms with Crippen LogP contribution in [0.4, 0.5) is 0 Å². The summed E-state index contributed by atoms with van der Waals surface area (Å²) in [5, 5.41) is 17.8. The predicted molar refractivity (Wildman–Crippen MR) is 45.8 cm³/mol. The summed E-state index contributed by atoms with van der Waals surface area (Å²) in [6, 6.07) is 0. The van der Waals surface area contributed by atoms with Crippen molar-refractivity contribution in [3.63, 3.8) is 0 Å². The van der Waals surface area contributed by atoms with Crippen molar-refractivity contribution in [3.05, 3.63) is 10.3 Å². The molecule has 0 spiro atoms. The fourth-order valence-electron chi connectivity index (χ4n) is 0.766. The molecule has 0 saturated carbocycles. The number of hydrogen-bond acceptors (Lipinski definition) is 7. The molecular weight excluding hydrogens is 212 g/mol. The van der Waals surface area contributed by atoms with Crippen molar-refractivity contribution in [3.8, 4) is 11.4 Å². The molecule has 0 amide bonds. The van der Waals surface area contributed by atoms with Crippen LogP contribution in [0.2, 0.25) is 0 Å². The average molecular weight is 214 g/mol. The van der Waals surface area contributed by atoms with Crippen LogP contribution < -0.4 is 0 Å². The molecule has 2 aromatic rings. The first-order valence-electron chi connectivity index (χ1n) is 3.12. The summed E-state index contributed by atoms with van der Waals surface area (Å²) < 4.78 is 7.16. The van der Waals surface area contributed by atoms with E-state index in [0.29, 0.717) is 5.69 Å². The number of rotatable bonds is 2. The molecule has 2 heterocycles. The van der Waals surface area contributed by atoms with E-state index in [0.717, 1.165) is 23.1 Å².